The van der Waals surface area contributed by atoms with Gasteiger partial charge in [0.2, 0.25) is 0 Å². The molecule has 0 spiro atoms. The summed E-state index contributed by atoms with van der Waals surface area (Å²) in [6.45, 7) is 3.60. The number of hydrogen-bond donors (Lipinski definition) is 4. The molecule has 3 heterocycles. The number of ether oxygens (including phenoxy) is 2. The first-order valence-electron chi connectivity index (χ1n) is 12.2. The summed E-state index contributed by atoms with van der Waals surface area (Å²) >= 11 is 0. The van der Waals surface area contributed by atoms with Gasteiger partial charge in [-0.3, -0.25) is 9.59 Å². The molecule has 2 aromatic carbocycles. The highest BCUT2D eigenvalue weighted by Gasteiger charge is 2.17. The van der Waals surface area contributed by atoms with Gasteiger partial charge in [-0.05, 0) is 86.6 Å². The van der Waals surface area contributed by atoms with Crippen LogP contribution in [0.5, 0.6) is 11.5 Å². The van der Waals surface area contributed by atoms with Gasteiger partial charge < -0.3 is 30.7 Å². The van der Waals surface area contributed by atoms with Crippen molar-refractivity contribution in [3.8, 4) is 11.5 Å². The Kier molecular flexibility index (Phi) is 7.39. The number of hydrogen-bond acceptors (Lipinski definition) is 7. The Balaban J connectivity index is 1.16. The average molecular weight is 488 g/mol. The van der Waals surface area contributed by atoms with Crippen molar-refractivity contribution < 1.29 is 19.1 Å². The van der Waals surface area contributed by atoms with Crippen molar-refractivity contribution in [2.75, 3.05) is 36.8 Å². The highest BCUT2D eigenvalue weighted by atomic mass is 16.5. The summed E-state index contributed by atoms with van der Waals surface area (Å²) in [5.74, 6) is 0.713. The number of nitrogens with zero attached hydrogens (tertiary/aromatic N) is 1. The van der Waals surface area contributed by atoms with E-state index < -0.39 is 11.8 Å². The number of carbonyl (C=O) groups is 2. The molecule has 2 fully saturated rings. The van der Waals surface area contributed by atoms with Crippen LogP contribution in [0.1, 0.15) is 33.8 Å². The molecule has 1 aromatic heterocycles. The van der Waals surface area contributed by atoms with Crippen molar-refractivity contribution in [1.29, 1.82) is 0 Å². The largest absolute Gasteiger partial charge is 0.489 e. The number of amides is 2. The lowest BCUT2D eigenvalue weighted by molar-refractivity contribution is 0.101. The molecule has 9 nitrogen and oxygen atoms in total. The van der Waals surface area contributed by atoms with Gasteiger partial charge in [-0.15, -0.1) is 0 Å². The third kappa shape index (κ3) is 6.18. The Bertz CT molecular complexity index is 1100. The maximum absolute atomic E-state index is 12.7. The van der Waals surface area contributed by atoms with Crippen molar-refractivity contribution >= 4 is 23.2 Å². The molecule has 36 heavy (non-hydrogen) atoms. The van der Waals surface area contributed by atoms with E-state index in [2.05, 4.69) is 26.3 Å². The van der Waals surface area contributed by atoms with Gasteiger partial charge in [0.1, 0.15) is 35.1 Å². The molecule has 4 N–H and O–H groups in total. The van der Waals surface area contributed by atoms with Crippen LogP contribution in [0, 0.1) is 0 Å². The first-order valence-corrected chi connectivity index (χ1v) is 12.2. The third-order valence-electron chi connectivity index (χ3n) is 6.07. The molecule has 0 unspecified atom stereocenters. The summed E-state index contributed by atoms with van der Waals surface area (Å²) in [4.78, 5) is 29.7. The van der Waals surface area contributed by atoms with Gasteiger partial charge in [0.25, 0.3) is 11.8 Å². The van der Waals surface area contributed by atoms with Crippen molar-refractivity contribution in [3.05, 3.63) is 78.1 Å². The van der Waals surface area contributed by atoms with E-state index in [1.165, 1.54) is 0 Å². The lowest BCUT2D eigenvalue weighted by Crippen LogP contribution is -2.20. The topological polar surface area (TPSA) is 114 Å². The van der Waals surface area contributed by atoms with Gasteiger partial charge in [-0.25, -0.2) is 4.98 Å². The molecule has 0 saturated carbocycles. The lowest BCUT2D eigenvalue weighted by Gasteiger charge is -2.13. The molecule has 2 aliphatic rings. The Morgan fingerprint density at radius 3 is 1.53 bits per heavy atom. The summed E-state index contributed by atoms with van der Waals surface area (Å²) in [7, 11) is 0. The van der Waals surface area contributed by atoms with Crippen LogP contribution in [0.2, 0.25) is 0 Å². The predicted molar refractivity (Wildman–Crippen MR) is 137 cm³/mol. The monoisotopic (exact) mass is 487 g/mol. The van der Waals surface area contributed by atoms with Gasteiger partial charge in [0.05, 0.1) is 0 Å². The minimum absolute atomic E-state index is 0.147. The molecule has 2 aliphatic heterocycles. The van der Waals surface area contributed by atoms with E-state index in [0.29, 0.717) is 11.4 Å². The van der Waals surface area contributed by atoms with E-state index in [-0.39, 0.29) is 23.6 Å². The van der Waals surface area contributed by atoms with Crippen molar-refractivity contribution in [2.24, 2.45) is 0 Å². The molecule has 2 amide bonds. The second-order valence-corrected chi connectivity index (χ2v) is 8.83. The second-order valence-electron chi connectivity index (χ2n) is 8.83. The minimum Gasteiger partial charge on any atom is -0.489 e. The molecule has 9 heteroatoms. The molecule has 5 rings (SSSR count). The number of carbonyl (C=O) groups excluding carboxylic acids is 2. The Morgan fingerprint density at radius 2 is 1.14 bits per heavy atom. The smallest absolute Gasteiger partial charge is 0.274 e. The number of aromatic nitrogens is 1. The quantitative estimate of drug-likeness (QED) is 0.386. The van der Waals surface area contributed by atoms with Crippen molar-refractivity contribution in [2.45, 2.75) is 25.0 Å². The first kappa shape index (κ1) is 23.8. The Morgan fingerprint density at radius 1 is 0.694 bits per heavy atom. The van der Waals surface area contributed by atoms with Crippen LogP contribution in [-0.4, -0.2) is 55.2 Å². The average Bonchev–Trinajstić information content (AvgIpc) is 3.61. The molecule has 2 atom stereocenters. The minimum atomic E-state index is -0.402. The summed E-state index contributed by atoms with van der Waals surface area (Å²) in [6.07, 6.45) is 2.30. The van der Waals surface area contributed by atoms with Crippen LogP contribution in [0.4, 0.5) is 11.4 Å². The molecule has 0 bridgehead atoms. The number of benzene rings is 2. The fourth-order valence-corrected chi connectivity index (χ4v) is 4.15. The summed E-state index contributed by atoms with van der Waals surface area (Å²) in [6, 6.07) is 19.2. The molecule has 0 radical (unpaired) electrons. The zero-order chi connectivity index (χ0) is 24.7. The fourth-order valence-electron chi connectivity index (χ4n) is 4.15. The zero-order valence-corrected chi connectivity index (χ0v) is 19.8. The number of pyridine rings is 1. The number of nitrogens with one attached hydrogen (secondary N) is 4. The molecule has 3 aromatic rings. The molecular weight excluding hydrogens is 458 g/mol. The van der Waals surface area contributed by atoms with Crippen molar-refractivity contribution in [1.82, 2.24) is 15.6 Å². The maximum Gasteiger partial charge on any atom is 0.274 e. The van der Waals surface area contributed by atoms with Crippen molar-refractivity contribution in [3.63, 3.8) is 0 Å². The van der Waals surface area contributed by atoms with Crippen LogP contribution in [-0.2, 0) is 0 Å². The summed E-state index contributed by atoms with van der Waals surface area (Å²) in [5.41, 5.74) is 1.52. The Labute approximate surface area is 209 Å². The number of rotatable bonds is 8. The van der Waals surface area contributed by atoms with E-state index in [0.717, 1.165) is 50.5 Å². The maximum atomic E-state index is 12.7. The van der Waals surface area contributed by atoms with E-state index in [9.17, 15) is 9.59 Å². The van der Waals surface area contributed by atoms with Gasteiger partial charge in [0, 0.05) is 24.5 Å². The Hall–Kier alpha value is -3.95. The molecule has 186 valence electrons. The standard InChI is InChI=1S/C27H29N5O4/c33-26(30-18-4-8-20(9-5-18)35-22-12-14-28-16-22)24-2-1-3-25(32-24)27(34)31-19-6-10-21(11-7-19)36-23-13-15-29-17-23/h1-11,22-23,28-29H,12-17H2,(H,30,33)(H,31,34)/t22-,23-/m1/s1. The van der Waals surface area contributed by atoms with E-state index in [1.807, 2.05) is 24.3 Å². The van der Waals surface area contributed by atoms with Gasteiger partial charge in [-0.2, -0.15) is 0 Å². The zero-order valence-electron chi connectivity index (χ0n) is 19.8. The normalized spacial score (nSPS) is 19.0. The van der Waals surface area contributed by atoms with Gasteiger partial charge >= 0.3 is 0 Å². The summed E-state index contributed by atoms with van der Waals surface area (Å²) in [5, 5.41) is 12.2. The number of anilines is 2. The van der Waals surface area contributed by atoms with Crippen LogP contribution < -0.4 is 30.7 Å². The predicted octanol–water partition coefficient (Wildman–Crippen LogP) is 3.07. The highest BCUT2D eigenvalue weighted by molar-refractivity contribution is 6.06. The van der Waals surface area contributed by atoms with Crippen LogP contribution in [0.15, 0.2) is 66.7 Å². The van der Waals surface area contributed by atoms with Crippen LogP contribution in [0.3, 0.4) is 0 Å². The highest BCUT2D eigenvalue weighted by Crippen LogP contribution is 2.20. The van der Waals surface area contributed by atoms with Crippen LogP contribution in [0.25, 0.3) is 0 Å². The molecule has 0 aliphatic carbocycles. The summed E-state index contributed by atoms with van der Waals surface area (Å²) < 4.78 is 11.8. The van der Waals surface area contributed by atoms with E-state index >= 15 is 0 Å². The van der Waals surface area contributed by atoms with E-state index in [4.69, 9.17) is 9.47 Å². The second kappa shape index (κ2) is 11.2. The van der Waals surface area contributed by atoms with Crippen LogP contribution >= 0.6 is 0 Å². The molecular formula is C27H29N5O4. The third-order valence-corrected chi connectivity index (χ3v) is 6.07. The SMILES string of the molecule is O=C(Nc1ccc(O[C@@H]2CCNC2)cc1)c1cccc(C(=O)Nc2ccc(O[C@@H]3CCNC3)cc2)n1. The fraction of sp³-hybridized carbons (Fsp3) is 0.296. The van der Waals surface area contributed by atoms with E-state index in [1.54, 1.807) is 42.5 Å². The molecule has 2 saturated heterocycles. The van der Waals surface area contributed by atoms with Gasteiger partial charge in [-0.1, -0.05) is 6.07 Å². The lowest BCUT2D eigenvalue weighted by atomic mass is 10.2. The first-order chi connectivity index (χ1) is 17.6. The van der Waals surface area contributed by atoms with Gasteiger partial charge in [0.15, 0.2) is 0 Å².